The van der Waals surface area contributed by atoms with Crippen molar-refractivity contribution >= 4 is 0 Å². The summed E-state index contributed by atoms with van der Waals surface area (Å²) in [7, 11) is 1.80. The molecular weight excluding hydrogens is 138 g/mol. The maximum Gasteiger partial charge on any atom is 0.253 e. The summed E-state index contributed by atoms with van der Waals surface area (Å²) in [5, 5.41) is 0. The first-order valence-corrected chi connectivity index (χ1v) is 3.68. The number of pyridine rings is 1. The fraction of sp³-hybridized carbons (Fsp3) is 0.444. The zero-order valence-electron chi connectivity index (χ0n) is 7.43. The summed E-state index contributed by atoms with van der Waals surface area (Å²) < 4.78 is 1.67. The molecule has 0 atom stereocenters. The molecule has 0 bridgehead atoms. The van der Waals surface area contributed by atoms with Crippen LogP contribution in [0.15, 0.2) is 10.9 Å². The standard InChI is InChI=1S/C9H13NO/c1-6-5-7(2)10(4)9(11)8(6)3/h5H,1-4H3. The number of nitrogens with zero attached hydrogens (tertiary/aromatic N) is 1. The third-order valence-corrected chi connectivity index (χ3v) is 2.17. The van der Waals surface area contributed by atoms with E-state index >= 15 is 0 Å². The lowest BCUT2D eigenvalue weighted by Gasteiger charge is -2.06. The van der Waals surface area contributed by atoms with Gasteiger partial charge < -0.3 is 4.57 Å². The highest BCUT2D eigenvalue weighted by Gasteiger charge is 2.01. The summed E-state index contributed by atoms with van der Waals surface area (Å²) >= 11 is 0. The van der Waals surface area contributed by atoms with Crippen LogP contribution in [0.2, 0.25) is 0 Å². The van der Waals surface area contributed by atoms with E-state index in [-0.39, 0.29) is 5.56 Å². The molecule has 0 unspecified atom stereocenters. The Morgan fingerprint density at radius 3 is 2.36 bits per heavy atom. The second kappa shape index (κ2) is 2.53. The SMILES string of the molecule is Cc1cc(C)n(C)c(=O)c1C. The average molecular weight is 151 g/mol. The van der Waals surface area contributed by atoms with E-state index in [0.717, 1.165) is 16.8 Å². The summed E-state index contributed by atoms with van der Waals surface area (Å²) in [4.78, 5) is 11.4. The predicted molar refractivity (Wildman–Crippen MR) is 45.9 cm³/mol. The fourth-order valence-corrected chi connectivity index (χ4v) is 1.10. The molecule has 0 amide bonds. The monoisotopic (exact) mass is 151 g/mol. The molecule has 0 aliphatic carbocycles. The van der Waals surface area contributed by atoms with Crippen LogP contribution in [0.25, 0.3) is 0 Å². The lowest BCUT2D eigenvalue weighted by atomic mass is 10.1. The van der Waals surface area contributed by atoms with E-state index in [1.54, 1.807) is 11.6 Å². The van der Waals surface area contributed by atoms with Crippen molar-refractivity contribution < 1.29 is 0 Å². The maximum absolute atomic E-state index is 11.4. The highest BCUT2D eigenvalue weighted by Crippen LogP contribution is 2.02. The van der Waals surface area contributed by atoms with Gasteiger partial charge >= 0.3 is 0 Å². The average Bonchev–Trinajstić information content (AvgIpc) is 1.97. The third kappa shape index (κ3) is 1.20. The Balaban J connectivity index is 3.59. The molecule has 1 aromatic rings. The van der Waals surface area contributed by atoms with E-state index in [9.17, 15) is 4.79 Å². The molecule has 1 rings (SSSR count). The lowest BCUT2D eigenvalue weighted by Crippen LogP contribution is -2.21. The summed E-state index contributed by atoms with van der Waals surface area (Å²) in [6.07, 6.45) is 0. The number of hydrogen-bond donors (Lipinski definition) is 0. The summed E-state index contributed by atoms with van der Waals surface area (Å²) in [6.45, 7) is 5.76. The van der Waals surface area contributed by atoms with Gasteiger partial charge in [-0.25, -0.2) is 0 Å². The molecular formula is C9H13NO. The van der Waals surface area contributed by atoms with E-state index in [4.69, 9.17) is 0 Å². The Bertz CT molecular complexity index is 307. The first kappa shape index (κ1) is 8.05. The van der Waals surface area contributed by atoms with Gasteiger partial charge in [-0.1, -0.05) is 0 Å². The zero-order chi connectivity index (χ0) is 8.59. The van der Waals surface area contributed by atoms with Crippen molar-refractivity contribution in [1.82, 2.24) is 4.57 Å². The van der Waals surface area contributed by atoms with Gasteiger partial charge in [0.05, 0.1) is 0 Å². The Hall–Kier alpha value is -1.05. The molecule has 1 aromatic heterocycles. The summed E-state index contributed by atoms with van der Waals surface area (Å²) in [6, 6.07) is 2.02. The second-order valence-electron chi connectivity index (χ2n) is 2.96. The molecule has 0 saturated carbocycles. The Labute approximate surface area is 66.5 Å². The van der Waals surface area contributed by atoms with Gasteiger partial charge in [-0.15, -0.1) is 0 Å². The molecule has 2 heteroatoms. The minimum absolute atomic E-state index is 0.113. The molecule has 0 aromatic carbocycles. The number of hydrogen-bond acceptors (Lipinski definition) is 1. The van der Waals surface area contributed by atoms with Crippen molar-refractivity contribution in [2.24, 2.45) is 7.05 Å². The zero-order valence-corrected chi connectivity index (χ0v) is 7.43. The number of aryl methyl sites for hydroxylation is 2. The molecule has 0 saturated heterocycles. The van der Waals surface area contributed by atoms with Crippen molar-refractivity contribution in [1.29, 1.82) is 0 Å². The first-order chi connectivity index (χ1) is 5.04. The van der Waals surface area contributed by atoms with Crippen molar-refractivity contribution in [2.75, 3.05) is 0 Å². The molecule has 11 heavy (non-hydrogen) atoms. The molecule has 0 radical (unpaired) electrons. The van der Waals surface area contributed by atoms with E-state index in [0.29, 0.717) is 0 Å². The minimum atomic E-state index is 0.113. The fourth-order valence-electron chi connectivity index (χ4n) is 1.10. The Kier molecular flexibility index (Phi) is 1.85. The van der Waals surface area contributed by atoms with Crippen LogP contribution in [0.4, 0.5) is 0 Å². The molecule has 2 nitrogen and oxygen atoms in total. The van der Waals surface area contributed by atoms with E-state index in [1.165, 1.54) is 0 Å². The molecule has 0 aliphatic heterocycles. The predicted octanol–water partition coefficient (Wildman–Crippen LogP) is 1.31. The Morgan fingerprint density at radius 1 is 1.27 bits per heavy atom. The van der Waals surface area contributed by atoms with Gasteiger partial charge in [0.2, 0.25) is 0 Å². The first-order valence-electron chi connectivity index (χ1n) is 3.68. The normalized spacial score (nSPS) is 10.2. The topological polar surface area (TPSA) is 22.0 Å². The smallest absolute Gasteiger partial charge is 0.253 e. The van der Waals surface area contributed by atoms with E-state index in [1.807, 2.05) is 26.8 Å². The van der Waals surface area contributed by atoms with Crippen molar-refractivity contribution in [2.45, 2.75) is 20.8 Å². The molecule has 0 N–H and O–H groups in total. The second-order valence-corrected chi connectivity index (χ2v) is 2.96. The number of rotatable bonds is 0. The van der Waals surface area contributed by atoms with Crippen LogP contribution in [0.3, 0.4) is 0 Å². The molecule has 0 fully saturated rings. The van der Waals surface area contributed by atoms with Crippen LogP contribution in [0.1, 0.15) is 16.8 Å². The molecule has 0 aliphatic rings. The number of aromatic nitrogens is 1. The van der Waals surface area contributed by atoms with Crippen molar-refractivity contribution in [3.63, 3.8) is 0 Å². The highest BCUT2D eigenvalue weighted by molar-refractivity contribution is 5.24. The van der Waals surface area contributed by atoms with Gasteiger partial charge in [-0.3, -0.25) is 4.79 Å². The van der Waals surface area contributed by atoms with Gasteiger partial charge in [0.25, 0.3) is 5.56 Å². The van der Waals surface area contributed by atoms with Crippen LogP contribution in [0, 0.1) is 20.8 Å². The highest BCUT2D eigenvalue weighted by atomic mass is 16.1. The van der Waals surface area contributed by atoms with Crippen LogP contribution < -0.4 is 5.56 Å². The molecule has 1 heterocycles. The van der Waals surface area contributed by atoms with Crippen molar-refractivity contribution in [3.05, 3.63) is 33.2 Å². The van der Waals surface area contributed by atoms with Gasteiger partial charge in [0.1, 0.15) is 0 Å². The summed E-state index contributed by atoms with van der Waals surface area (Å²) in [5.41, 5.74) is 3.05. The molecule has 60 valence electrons. The van der Waals surface area contributed by atoms with E-state index in [2.05, 4.69) is 0 Å². The largest absolute Gasteiger partial charge is 0.316 e. The van der Waals surface area contributed by atoms with Crippen molar-refractivity contribution in [3.8, 4) is 0 Å². The van der Waals surface area contributed by atoms with Gasteiger partial charge in [-0.05, 0) is 32.4 Å². The molecule has 0 spiro atoms. The maximum atomic E-state index is 11.4. The van der Waals surface area contributed by atoms with Crippen LogP contribution in [-0.4, -0.2) is 4.57 Å². The summed E-state index contributed by atoms with van der Waals surface area (Å²) in [5.74, 6) is 0. The Morgan fingerprint density at radius 2 is 1.82 bits per heavy atom. The van der Waals surface area contributed by atoms with Gasteiger partial charge in [-0.2, -0.15) is 0 Å². The minimum Gasteiger partial charge on any atom is -0.316 e. The van der Waals surface area contributed by atoms with Crippen LogP contribution in [-0.2, 0) is 7.05 Å². The lowest BCUT2D eigenvalue weighted by molar-refractivity contribution is 0.803. The quantitative estimate of drug-likeness (QED) is 0.548. The van der Waals surface area contributed by atoms with Gasteiger partial charge in [0, 0.05) is 18.3 Å². The van der Waals surface area contributed by atoms with Gasteiger partial charge in [0.15, 0.2) is 0 Å². The van der Waals surface area contributed by atoms with Crippen LogP contribution in [0.5, 0.6) is 0 Å². The third-order valence-electron chi connectivity index (χ3n) is 2.17. The van der Waals surface area contributed by atoms with Crippen LogP contribution >= 0.6 is 0 Å². The van der Waals surface area contributed by atoms with E-state index < -0.39 is 0 Å².